The Hall–Kier alpha value is -3.28. The second kappa shape index (κ2) is 7.38. The lowest BCUT2D eigenvalue weighted by Crippen LogP contribution is -2.35. The molecule has 3 aromatic rings. The van der Waals surface area contributed by atoms with Crippen LogP contribution in [0.4, 0.5) is 0 Å². The molecule has 1 amide bonds. The van der Waals surface area contributed by atoms with E-state index >= 15 is 0 Å². The van der Waals surface area contributed by atoms with E-state index in [9.17, 15) is 4.79 Å². The van der Waals surface area contributed by atoms with Crippen molar-refractivity contribution in [3.8, 4) is 22.6 Å². The third kappa shape index (κ3) is 3.33. The highest BCUT2D eigenvalue weighted by atomic mass is 16.2. The predicted molar refractivity (Wildman–Crippen MR) is 108 cm³/mol. The first kappa shape index (κ1) is 18.1. The van der Waals surface area contributed by atoms with Gasteiger partial charge >= 0.3 is 0 Å². The van der Waals surface area contributed by atoms with Gasteiger partial charge in [-0.2, -0.15) is 5.10 Å². The fraction of sp³-hybridized carbons (Fsp3) is 0.273. The Morgan fingerprint density at radius 2 is 1.96 bits per heavy atom. The van der Waals surface area contributed by atoms with Crippen LogP contribution in [0.15, 0.2) is 55.4 Å². The molecular formula is C22H23N5O. The molecule has 4 rings (SSSR count). The maximum absolute atomic E-state index is 12.1. The van der Waals surface area contributed by atoms with Gasteiger partial charge in [0.05, 0.1) is 24.1 Å². The first-order valence-corrected chi connectivity index (χ1v) is 9.48. The van der Waals surface area contributed by atoms with Gasteiger partial charge in [-0.3, -0.25) is 9.48 Å². The maximum Gasteiger partial charge on any atom is 0.246 e. The molecule has 3 heterocycles. The molecule has 0 radical (unpaired) electrons. The monoisotopic (exact) mass is 373 g/mol. The summed E-state index contributed by atoms with van der Waals surface area (Å²) in [4.78, 5) is 23.6. The first-order chi connectivity index (χ1) is 13.6. The summed E-state index contributed by atoms with van der Waals surface area (Å²) >= 11 is 0. The number of aromatic nitrogens is 4. The van der Waals surface area contributed by atoms with E-state index in [1.54, 1.807) is 4.90 Å². The van der Waals surface area contributed by atoms with Crippen LogP contribution in [-0.4, -0.2) is 37.1 Å². The molecule has 2 aromatic heterocycles. The van der Waals surface area contributed by atoms with Crippen molar-refractivity contribution in [2.75, 3.05) is 6.54 Å². The first-order valence-electron chi connectivity index (χ1n) is 9.48. The molecule has 1 aliphatic rings. The Morgan fingerprint density at radius 1 is 1.18 bits per heavy atom. The van der Waals surface area contributed by atoms with E-state index in [1.165, 1.54) is 6.08 Å². The van der Waals surface area contributed by atoms with Crippen molar-refractivity contribution in [1.82, 2.24) is 24.6 Å². The molecule has 0 N–H and O–H groups in total. The molecule has 1 aliphatic heterocycles. The molecule has 0 spiro atoms. The molecule has 0 saturated heterocycles. The molecule has 0 bridgehead atoms. The number of amides is 1. The summed E-state index contributed by atoms with van der Waals surface area (Å²) in [6, 6.07) is 10.2. The number of benzene rings is 1. The van der Waals surface area contributed by atoms with E-state index in [0.29, 0.717) is 25.3 Å². The molecule has 28 heavy (non-hydrogen) atoms. The van der Waals surface area contributed by atoms with Crippen molar-refractivity contribution in [3.05, 3.63) is 66.6 Å². The number of nitrogens with zero attached hydrogens (tertiary/aromatic N) is 5. The van der Waals surface area contributed by atoms with E-state index in [4.69, 9.17) is 9.97 Å². The number of carbonyl (C=O) groups is 1. The van der Waals surface area contributed by atoms with Crippen molar-refractivity contribution < 1.29 is 4.79 Å². The van der Waals surface area contributed by atoms with Crippen molar-refractivity contribution in [3.63, 3.8) is 0 Å². The van der Waals surface area contributed by atoms with Gasteiger partial charge in [-0.1, -0.05) is 36.9 Å². The quantitative estimate of drug-likeness (QED) is 0.655. The van der Waals surface area contributed by atoms with Crippen LogP contribution in [-0.2, 0) is 17.8 Å². The van der Waals surface area contributed by atoms with Gasteiger partial charge in [0.25, 0.3) is 0 Å². The summed E-state index contributed by atoms with van der Waals surface area (Å²) in [5.41, 5.74) is 4.82. The summed E-state index contributed by atoms with van der Waals surface area (Å²) in [7, 11) is 0. The zero-order valence-electron chi connectivity index (χ0n) is 16.2. The Labute approximate surface area is 164 Å². The van der Waals surface area contributed by atoms with Gasteiger partial charge in [0, 0.05) is 35.5 Å². The lowest BCUT2D eigenvalue weighted by Gasteiger charge is -2.28. The molecule has 1 aromatic carbocycles. The zero-order valence-corrected chi connectivity index (χ0v) is 16.2. The summed E-state index contributed by atoms with van der Waals surface area (Å²) in [6.07, 6.45) is 5.96. The molecule has 0 unspecified atom stereocenters. The van der Waals surface area contributed by atoms with Gasteiger partial charge in [-0.05, 0) is 26.3 Å². The lowest BCUT2D eigenvalue weighted by molar-refractivity contribution is -0.126. The van der Waals surface area contributed by atoms with Crippen LogP contribution in [0.25, 0.3) is 22.6 Å². The second-order valence-corrected chi connectivity index (χ2v) is 7.20. The number of rotatable bonds is 4. The maximum atomic E-state index is 12.1. The van der Waals surface area contributed by atoms with Crippen LogP contribution in [0.1, 0.15) is 31.1 Å². The smallest absolute Gasteiger partial charge is 0.246 e. The fourth-order valence-electron chi connectivity index (χ4n) is 3.45. The molecule has 6 nitrogen and oxygen atoms in total. The van der Waals surface area contributed by atoms with Crippen LogP contribution in [0.2, 0.25) is 0 Å². The van der Waals surface area contributed by atoms with E-state index in [0.717, 1.165) is 28.1 Å². The molecule has 142 valence electrons. The largest absolute Gasteiger partial charge is 0.333 e. The summed E-state index contributed by atoms with van der Waals surface area (Å²) in [6.45, 7) is 8.90. The Morgan fingerprint density at radius 3 is 2.64 bits per heavy atom. The standard InChI is InChI=1S/C22H23N5O/c1-4-20(28)26-11-10-18-19(14-26)24-22(16-8-6-5-7-9-16)25-21(18)17-12-23-27(13-17)15(2)3/h4-9,12-13,15H,1,10-11,14H2,2-3H3. The number of hydrogen-bond donors (Lipinski definition) is 0. The lowest BCUT2D eigenvalue weighted by atomic mass is 9.99. The molecule has 0 aliphatic carbocycles. The molecular weight excluding hydrogens is 350 g/mol. The average Bonchev–Trinajstić information content (AvgIpc) is 3.23. The van der Waals surface area contributed by atoms with E-state index in [1.807, 2.05) is 47.4 Å². The van der Waals surface area contributed by atoms with Gasteiger partial charge in [-0.25, -0.2) is 9.97 Å². The Bertz CT molecular complexity index is 1020. The summed E-state index contributed by atoms with van der Waals surface area (Å²) in [5.74, 6) is 0.597. The minimum Gasteiger partial charge on any atom is -0.333 e. The van der Waals surface area contributed by atoms with Gasteiger partial charge in [0.2, 0.25) is 5.91 Å². The fourth-order valence-corrected chi connectivity index (χ4v) is 3.45. The van der Waals surface area contributed by atoms with Gasteiger partial charge in [0.15, 0.2) is 5.82 Å². The Kier molecular flexibility index (Phi) is 4.77. The third-order valence-electron chi connectivity index (χ3n) is 4.99. The summed E-state index contributed by atoms with van der Waals surface area (Å²) < 4.78 is 1.93. The van der Waals surface area contributed by atoms with E-state index in [2.05, 4.69) is 25.5 Å². The number of carbonyl (C=O) groups excluding carboxylic acids is 1. The number of fused-ring (bicyclic) bond motifs is 1. The van der Waals surface area contributed by atoms with Crippen LogP contribution < -0.4 is 0 Å². The normalized spacial score (nSPS) is 13.5. The van der Waals surface area contributed by atoms with E-state index < -0.39 is 0 Å². The molecule has 0 fully saturated rings. The molecule has 0 atom stereocenters. The number of hydrogen-bond acceptors (Lipinski definition) is 4. The third-order valence-corrected chi connectivity index (χ3v) is 4.99. The van der Waals surface area contributed by atoms with Crippen molar-refractivity contribution in [2.24, 2.45) is 0 Å². The average molecular weight is 373 g/mol. The SMILES string of the molecule is C=CC(=O)N1CCc2c(nc(-c3ccccc3)nc2-c2cnn(C(C)C)c2)C1. The van der Waals surface area contributed by atoms with Crippen molar-refractivity contribution in [2.45, 2.75) is 32.9 Å². The van der Waals surface area contributed by atoms with Gasteiger partial charge in [-0.15, -0.1) is 0 Å². The minimum absolute atomic E-state index is 0.0697. The van der Waals surface area contributed by atoms with Crippen LogP contribution in [0.5, 0.6) is 0 Å². The van der Waals surface area contributed by atoms with Crippen LogP contribution >= 0.6 is 0 Å². The van der Waals surface area contributed by atoms with Gasteiger partial charge in [0.1, 0.15) is 0 Å². The highest BCUT2D eigenvalue weighted by Crippen LogP contribution is 2.31. The van der Waals surface area contributed by atoms with Crippen molar-refractivity contribution >= 4 is 5.91 Å². The molecule has 6 heteroatoms. The Balaban J connectivity index is 1.85. The predicted octanol–water partition coefficient (Wildman–Crippen LogP) is 3.66. The van der Waals surface area contributed by atoms with Crippen molar-refractivity contribution in [1.29, 1.82) is 0 Å². The molecule has 0 saturated carbocycles. The summed E-state index contributed by atoms with van der Waals surface area (Å²) in [5, 5.41) is 4.48. The highest BCUT2D eigenvalue weighted by molar-refractivity contribution is 5.87. The van der Waals surface area contributed by atoms with E-state index in [-0.39, 0.29) is 11.9 Å². The minimum atomic E-state index is -0.0697. The van der Waals surface area contributed by atoms with Crippen LogP contribution in [0, 0.1) is 0 Å². The van der Waals surface area contributed by atoms with Gasteiger partial charge < -0.3 is 4.90 Å². The highest BCUT2D eigenvalue weighted by Gasteiger charge is 2.25. The zero-order chi connectivity index (χ0) is 19.7. The van der Waals surface area contributed by atoms with Crippen LogP contribution in [0.3, 0.4) is 0 Å². The topological polar surface area (TPSA) is 63.9 Å². The second-order valence-electron chi connectivity index (χ2n) is 7.20.